The van der Waals surface area contributed by atoms with Crippen LogP contribution in [0, 0.1) is 22.7 Å². The van der Waals surface area contributed by atoms with Crippen LogP contribution in [-0.4, -0.2) is 80.6 Å². The molecule has 1 aliphatic carbocycles. The van der Waals surface area contributed by atoms with Crippen LogP contribution in [0.15, 0.2) is 49.3 Å². The first kappa shape index (κ1) is 46.2. The average Bonchev–Trinajstić information content (AvgIpc) is 3.81. The van der Waals surface area contributed by atoms with Gasteiger partial charge in [-0.2, -0.15) is 20.7 Å². The number of benzene rings is 1. The fourth-order valence-electron chi connectivity index (χ4n) is 8.35. The molecule has 2 aliphatic rings. The standard InChI is InChI=1S/C43H60N9O8P/c1-2-3-4-5-6-7-8-9-10-11-12-13-14-15-16-17-18-19-34(57-26-32-20-21-35(33(24-32)25-44)51-31-47-29-49-51)27-58-61(55,56)60-41-42(28-45)43(41,54)39(53)38(59-42)36-22-23-37-40(46)48-30-50-52(36)37/h20-24,29-31,34,38-39,41,53-54H,2-19,26-27H2,1H3,(H,55,56)(H2,46,48,50)/t34-,38+,39+,41?,42-,43-/m1/s1. The summed E-state index contributed by atoms with van der Waals surface area (Å²) in [5.74, 6) is 0.174. The number of unbranched alkanes of at least 4 members (excludes halogenated alkanes) is 16. The predicted molar refractivity (Wildman–Crippen MR) is 225 cm³/mol. The molecule has 3 aromatic heterocycles. The number of nitrogen functional groups attached to an aromatic ring is 1. The van der Waals surface area contributed by atoms with Crippen molar-refractivity contribution in [3.63, 3.8) is 0 Å². The number of nitrogens with zero attached hydrogens (tertiary/aromatic N) is 8. The lowest BCUT2D eigenvalue weighted by Gasteiger charge is -2.24. The summed E-state index contributed by atoms with van der Waals surface area (Å²) < 4.78 is 39.1. The van der Waals surface area contributed by atoms with E-state index in [2.05, 4.69) is 33.2 Å². The Kier molecular flexibility index (Phi) is 16.4. The van der Waals surface area contributed by atoms with E-state index >= 15 is 0 Å². The number of hydrogen-bond donors (Lipinski definition) is 4. The minimum atomic E-state index is -4.95. The van der Waals surface area contributed by atoms with Gasteiger partial charge in [-0.05, 0) is 36.2 Å². The fourth-order valence-corrected chi connectivity index (χ4v) is 9.34. The van der Waals surface area contributed by atoms with E-state index in [9.17, 15) is 30.2 Å². The lowest BCUT2D eigenvalue weighted by molar-refractivity contribution is -0.0769. The van der Waals surface area contributed by atoms with Crippen molar-refractivity contribution in [2.24, 2.45) is 0 Å². The molecule has 0 bridgehead atoms. The maximum atomic E-state index is 13.4. The molecule has 2 fully saturated rings. The molecular formula is C43H60N9O8P. The van der Waals surface area contributed by atoms with Crippen LogP contribution in [0.3, 0.4) is 0 Å². The molecule has 2 unspecified atom stereocenters. The van der Waals surface area contributed by atoms with E-state index in [1.165, 1.54) is 112 Å². The number of fused-ring (bicyclic) bond motifs is 2. The Balaban J connectivity index is 0.980. The highest BCUT2D eigenvalue weighted by molar-refractivity contribution is 7.47. The van der Waals surface area contributed by atoms with E-state index in [0.717, 1.165) is 25.7 Å². The number of aliphatic hydroxyl groups excluding tert-OH is 1. The molecule has 0 spiro atoms. The lowest BCUT2D eigenvalue weighted by Crippen LogP contribution is -2.35. The highest BCUT2D eigenvalue weighted by Gasteiger charge is 2.90. The molecule has 4 aromatic rings. The number of phosphoric ester groups is 1. The summed E-state index contributed by atoms with van der Waals surface area (Å²) >= 11 is 0. The van der Waals surface area contributed by atoms with E-state index < -0.39 is 43.4 Å². The lowest BCUT2D eigenvalue weighted by atomic mass is 10.0. The van der Waals surface area contributed by atoms with E-state index in [1.807, 2.05) is 6.07 Å². The Bertz CT molecular complexity index is 2140. The molecule has 0 amide bonds. The van der Waals surface area contributed by atoms with Crippen molar-refractivity contribution in [1.82, 2.24) is 29.4 Å². The molecule has 1 saturated carbocycles. The normalized spacial score (nSPS) is 23.3. The van der Waals surface area contributed by atoms with Gasteiger partial charge in [-0.25, -0.2) is 23.7 Å². The first-order valence-corrected chi connectivity index (χ1v) is 23.3. The summed E-state index contributed by atoms with van der Waals surface area (Å²) in [7, 11) is -4.95. The zero-order valence-electron chi connectivity index (χ0n) is 35.1. The third kappa shape index (κ3) is 11.0. The van der Waals surface area contributed by atoms with Crippen LogP contribution in [0.25, 0.3) is 11.2 Å². The summed E-state index contributed by atoms with van der Waals surface area (Å²) in [6.07, 6.45) is 20.4. The molecule has 5 N–H and O–H groups in total. The van der Waals surface area contributed by atoms with Crippen LogP contribution < -0.4 is 5.73 Å². The summed E-state index contributed by atoms with van der Waals surface area (Å²) in [4.78, 5) is 18.8. The number of nitrogens with two attached hydrogens (primary N) is 1. The van der Waals surface area contributed by atoms with E-state index in [-0.39, 0.29) is 24.7 Å². The summed E-state index contributed by atoms with van der Waals surface area (Å²) in [6.45, 7) is 2.00. The number of aromatic nitrogens is 6. The molecule has 1 saturated heterocycles. The summed E-state index contributed by atoms with van der Waals surface area (Å²) in [6, 6.07) is 12.4. The molecule has 7 atom stereocenters. The zero-order chi connectivity index (χ0) is 43.3. The molecule has 61 heavy (non-hydrogen) atoms. The Morgan fingerprint density at radius 3 is 2.18 bits per heavy atom. The molecule has 4 heterocycles. The van der Waals surface area contributed by atoms with Crippen molar-refractivity contribution in [2.45, 2.75) is 165 Å². The van der Waals surface area contributed by atoms with Crippen molar-refractivity contribution < 1.29 is 38.2 Å². The van der Waals surface area contributed by atoms with Crippen molar-refractivity contribution in [3.05, 3.63) is 66.1 Å². The second-order valence-electron chi connectivity index (χ2n) is 16.3. The molecule has 1 aliphatic heterocycles. The van der Waals surface area contributed by atoms with Crippen LogP contribution in [0.4, 0.5) is 5.82 Å². The molecule has 6 rings (SSSR count). The Labute approximate surface area is 357 Å². The van der Waals surface area contributed by atoms with Gasteiger partial charge in [-0.3, -0.25) is 9.05 Å². The van der Waals surface area contributed by atoms with Gasteiger partial charge >= 0.3 is 7.82 Å². The molecule has 330 valence electrons. The smallest absolute Gasteiger partial charge is 0.387 e. The highest BCUT2D eigenvalue weighted by atomic mass is 31.2. The van der Waals surface area contributed by atoms with Crippen molar-refractivity contribution in [3.8, 4) is 17.8 Å². The Morgan fingerprint density at radius 2 is 1.59 bits per heavy atom. The molecule has 17 nitrogen and oxygen atoms in total. The topological polar surface area (TPSA) is 249 Å². The van der Waals surface area contributed by atoms with Crippen molar-refractivity contribution in [2.75, 3.05) is 12.3 Å². The number of anilines is 1. The van der Waals surface area contributed by atoms with Crippen molar-refractivity contribution in [1.29, 1.82) is 10.5 Å². The maximum absolute atomic E-state index is 13.4. The van der Waals surface area contributed by atoms with E-state index in [0.29, 0.717) is 28.8 Å². The minimum Gasteiger partial charge on any atom is -0.387 e. The number of aliphatic hydroxyl groups is 2. The first-order chi connectivity index (χ1) is 29.6. The van der Waals surface area contributed by atoms with Gasteiger partial charge in [0.25, 0.3) is 0 Å². The van der Waals surface area contributed by atoms with Crippen LogP contribution in [-0.2, 0) is 29.7 Å². The van der Waals surface area contributed by atoms with Gasteiger partial charge < -0.3 is 30.3 Å². The maximum Gasteiger partial charge on any atom is 0.472 e. The molecule has 0 radical (unpaired) electrons. The van der Waals surface area contributed by atoms with Gasteiger partial charge in [0.1, 0.15) is 48.8 Å². The van der Waals surface area contributed by atoms with Crippen molar-refractivity contribution >= 4 is 19.2 Å². The third-order valence-corrected chi connectivity index (χ3v) is 12.9. The summed E-state index contributed by atoms with van der Waals surface area (Å²) in [5.41, 5.74) is 3.76. The van der Waals surface area contributed by atoms with Crippen LogP contribution in [0.5, 0.6) is 0 Å². The van der Waals surface area contributed by atoms with Gasteiger partial charge in [-0.15, -0.1) is 0 Å². The second kappa shape index (κ2) is 21.7. The third-order valence-electron chi connectivity index (χ3n) is 11.9. The molecule has 18 heteroatoms. The first-order valence-electron chi connectivity index (χ1n) is 21.8. The SMILES string of the molecule is CCCCCCCCCCCCCCCCCCC[C@H](COP(=O)(O)OC1[C@@]2(C#N)O[C@@H](c3ccc4c(N)ncnn34)[C@H](O)[C@@]12O)OCc1ccc(-n2cncn2)c(C#N)c1. The number of ether oxygens (including phenoxy) is 2. The predicted octanol–water partition coefficient (Wildman–Crippen LogP) is 7.33. The Hall–Kier alpha value is -4.29. The average molecular weight is 862 g/mol. The summed E-state index contributed by atoms with van der Waals surface area (Å²) in [5, 5.41) is 50.9. The van der Waals surface area contributed by atoms with E-state index in [4.69, 9.17) is 24.3 Å². The number of phosphoric acid groups is 1. The van der Waals surface area contributed by atoms with Crippen LogP contribution >= 0.6 is 7.82 Å². The van der Waals surface area contributed by atoms with Gasteiger partial charge in [0.15, 0.2) is 17.5 Å². The largest absolute Gasteiger partial charge is 0.472 e. The van der Waals surface area contributed by atoms with Gasteiger partial charge in [0.05, 0.1) is 36.3 Å². The zero-order valence-corrected chi connectivity index (χ0v) is 35.9. The highest BCUT2D eigenvalue weighted by Crippen LogP contribution is 2.68. The van der Waals surface area contributed by atoms with E-state index in [1.54, 1.807) is 30.3 Å². The minimum absolute atomic E-state index is 0.0855. The second-order valence-corrected chi connectivity index (χ2v) is 17.7. The number of hydrogen-bond acceptors (Lipinski definition) is 14. The Morgan fingerprint density at radius 1 is 0.934 bits per heavy atom. The fraction of sp³-hybridized carbons (Fsp3) is 0.628. The quantitative estimate of drug-likeness (QED) is 0.0322. The van der Waals surface area contributed by atoms with Gasteiger partial charge in [0, 0.05) is 0 Å². The molecule has 1 aromatic carbocycles. The monoisotopic (exact) mass is 861 g/mol. The van der Waals surface area contributed by atoms with Crippen LogP contribution in [0.2, 0.25) is 0 Å². The number of rotatable bonds is 28. The number of nitriles is 2. The van der Waals surface area contributed by atoms with Crippen LogP contribution in [0.1, 0.15) is 145 Å². The van der Waals surface area contributed by atoms with Gasteiger partial charge in [-0.1, -0.05) is 122 Å². The van der Waals surface area contributed by atoms with Gasteiger partial charge in [0.2, 0.25) is 5.60 Å². The molecular weight excluding hydrogens is 802 g/mol.